The fourth-order valence-electron chi connectivity index (χ4n) is 5.71. The van der Waals surface area contributed by atoms with Gasteiger partial charge in [-0.15, -0.1) is 0 Å². The number of Topliss-reactive ketones (excluding diaryl/α,β-unsaturated/α-hetero) is 4. The predicted octanol–water partition coefficient (Wildman–Crippen LogP) is 6.50. The van der Waals surface area contributed by atoms with Crippen LogP contribution in [0.4, 0.5) is 0 Å². The number of hydrogen-bond donors (Lipinski definition) is 1. The smallest absolute Gasteiger partial charge is 0.224 e. The van der Waals surface area contributed by atoms with E-state index in [2.05, 4.69) is 5.32 Å². The maximum atomic E-state index is 13.4. The van der Waals surface area contributed by atoms with E-state index in [1.807, 2.05) is 43.3 Å². The molecule has 6 heteroatoms. The second-order valence-electron chi connectivity index (χ2n) is 11.6. The second kappa shape index (κ2) is 16.8. The molecule has 3 rings (SSSR count). The largest absolute Gasteiger partial charge is 0.346 e. The van der Waals surface area contributed by atoms with Crippen molar-refractivity contribution in [2.24, 2.45) is 17.8 Å². The second-order valence-corrected chi connectivity index (χ2v) is 11.6. The summed E-state index contributed by atoms with van der Waals surface area (Å²) >= 11 is 0. The Bertz CT molecular complexity index is 1150. The number of carbonyl (C=O) groups excluding carboxylic acids is 5. The fraction of sp³-hybridized carbons (Fsp3) is 0.514. The number of unbranched alkanes of at least 4 members (excludes halogenated alkanes) is 1. The molecule has 0 unspecified atom stereocenters. The van der Waals surface area contributed by atoms with E-state index in [1.54, 1.807) is 31.2 Å². The van der Waals surface area contributed by atoms with Crippen LogP contribution in [0.5, 0.6) is 0 Å². The summed E-state index contributed by atoms with van der Waals surface area (Å²) in [5.41, 5.74) is 1.46. The van der Waals surface area contributed by atoms with Gasteiger partial charge in [0.1, 0.15) is 0 Å². The Morgan fingerprint density at radius 2 is 1.46 bits per heavy atom. The van der Waals surface area contributed by atoms with Crippen molar-refractivity contribution >= 4 is 29.0 Å². The molecular formula is C35H45NO5. The highest BCUT2D eigenvalue weighted by atomic mass is 16.2. The van der Waals surface area contributed by atoms with E-state index >= 15 is 0 Å². The van der Waals surface area contributed by atoms with Crippen molar-refractivity contribution in [3.63, 3.8) is 0 Å². The zero-order valence-electron chi connectivity index (χ0n) is 24.6. The average molecular weight is 560 g/mol. The summed E-state index contributed by atoms with van der Waals surface area (Å²) in [6.07, 6.45) is 8.03. The van der Waals surface area contributed by atoms with Gasteiger partial charge in [0.05, 0.1) is 6.04 Å². The molecule has 220 valence electrons. The molecule has 0 aromatic heterocycles. The molecule has 1 N–H and O–H groups in total. The minimum atomic E-state index is -0.835. The van der Waals surface area contributed by atoms with Gasteiger partial charge in [0.15, 0.2) is 17.3 Å². The Kier molecular flexibility index (Phi) is 13.1. The Hall–Kier alpha value is -3.41. The lowest BCUT2D eigenvalue weighted by atomic mass is 9.82. The number of carbonyl (C=O) groups is 5. The van der Waals surface area contributed by atoms with Crippen LogP contribution in [0.25, 0.3) is 0 Å². The SMILES string of the molecule is CCCC[C@H](CC(=O)[C@H](C)NC(=O)[C@@H](CC(=O)c1ccccc1)Cc1ccccc1)C(=O)C(=O)CC1CCCCC1. The molecule has 2 aromatic carbocycles. The summed E-state index contributed by atoms with van der Waals surface area (Å²) in [6, 6.07) is 17.5. The van der Waals surface area contributed by atoms with E-state index in [-0.39, 0.29) is 48.4 Å². The highest BCUT2D eigenvalue weighted by Gasteiger charge is 2.32. The van der Waals surface area contributed by atoms with Crippen LogP contribution in [0, 0.1) is 17.8 Å². The van der Waals surface area contributed by atoms with Crippen molar-refractivity contribution in [1.29, 1.82) is 0 Å². The zero-order chi connectivity index (χ0) is 29.6. The molecule has 41 heavy (non-hydrogen) atoms. The van der Waals surface area contributed by atoms with Crippen molar-refractivity contribution in [3.05, 3.63) is 71.8 Å². The first kappa shape index (κ1) is 32.1. The van der Waals surface area contributed by atoms with E-state index in [1.165, 1.54) is 6.42 Å². The molecule has 0 spiro atoms. The third-order valence-corrected chi connectivity index (χ3v) is 8.26. The van der Waals surface area contributed by atoms with Gasteiger partial charge in [-0.05, 0) is 31.2 Å². The first-order chi connectivity index (χ1) is 19.8. The molecule has 1 saturated carbocycles. The Morgan fingerprint density at radius 1 is 0.829 bits per heavy atom. The van der Waals surface area contributed by atoms with Crippen LogP contribution in [-0.2, 0) is 25.6 Å². The van der Waals surface area contributed by atoms with Crippen molar-refractivity contribution in [1.82, 2.24) is 5.32 Å². The fourth-order valence-corrected chi connectivity index (χ4v) is 5.71. The molecule has 0 bridgehead atoms. The molecule has 1 aliphatic carbocycles. The summed E-state index contributed by atoms with van der Waals surface area (Å²) in [7, 11) is 0. The van der Waals surface area contributed by atoms with Gasteiger partial charge in [-0.25, -0.2) is 0 Å². The molecule has 1 aliphatic rings. The van der Waals surface area contributed by atoms with E-state index in [0.717, 1.165) is 44.1 Å². The van der Waals surface area contributed by atoms with Gasteiger partial charge in [0.25, 0.3) is 0 Å². The number of benzene rings is 2. The molecule has 0 saturated heterocycles. The van der Waals surface area contributed by atoms with Gasteiger partial charge >= 0.3 is 0 Å². The van der Waals surface area contributed by atoms with Gasteiger partial charge in [-0.3, -0.25) is 24.0 Å². The predicted molar refractivity (Wildman–Crippen MR) is 160 cm³/mol. The molecule has 0 radical (unpaired) electrons. The summed E-state index contributed by atoms with van der Waals surface area (Å²) in [5, 5.41) is 2.82. The highest BCUT2D eigenvalue weighted by molar-refractivity contribution is 6.38. The van der Waals surface area contributed by atoms with Crippen LogP contribution in [0.2, 0.25) is 0 Å². The molecule has 3 atom stereocenters. The molecule has 0 aliphatic heterocycles. The van der Waals surface area contributed by atoms with Crippen molar-refractivity contribution in [2.75, 3.05) is 0 Å². The van der Waals surface area contributed by atoms with Crippen LogP contribution in [0.15, 0.2) is 60.7 Å². The maximum Gasteiger partial charge on any atom is 0.224 e. The van der Waals surface area contributed by atoms with E-state index < -0.39 is 23.7 Å². The highest BCUT2D eigenvalue weighted by Crippen LogP contribution is 2.28. The first-order valence-corrected chi connectivity index (χ1v) is 15.3. The van der Waals surface area contributed by atoms with Crippen molar-refractivity contribution in [3.8, 4) is 0 Å². The number of nitrogens with one attached hydrogen (secondary N) is 1. The standard InChI is InChI=1S/C35H45NO5/c1-3-4-18-29(34(40)33(39)22-27-16-10-6-11-17-27)23-31(37)25(2)36-35(41)30(21-26-14-8-5-9-15-26)24-32(38)28-19-12-7-13-20-28/h5,7-9,12-15,19-20,25,27,29-30H,3-4,6,10-11,16-18,21-24H2,1-2H3,(H,36,41)/t25-,29+,30+/m0/s1. The Morgan fingerprint density at radius 3 is 2.10 bits per heavy atom. The number of rotatable bonds is 17. The van der Waals surface area contributed by atoms with E-state index in [9.17, 15) is 24.0 Å². The minimum absolute atomic E-state index is 0.0128. The summed E-state index contributed by atoms with van der Waals surface area (Å²) < 4.78 is 0. The lowest BCUT2D eigenvalue weighted by Crippen LogP contribution is -2.44. The van der Waals surface area contributed by atoms with Gasteiger partial charge in [-0.2, -0.15) is 0 Å². The van der Waals surface area contributed by atoms with Gasteiger partial charge in [0, 0.05) is 36.7 Å². The van der Waals surface area contributed by atoms with E-state index in [0.29, 0.717) is 18.4 Å². The van der Waals surface area contributed by atoms with Crippen LogP contribution >= 0.6 is 0 Å². The molecule has 1 amide bonds. The number of hydrogen-bond acceptors (Lipinski definition) is 5. The zero-order valence-corrected chi connectivity index (χ0v) is 24.6. The summed E-state index contributed by atoms with van der Waals surface area (Å²) in [5.74, 6) is -2.62. The Balaban J connectivity index is 1.64. The number of ketones is 4. The normalized spacial score (nSPS) is 15.9. The van der Waals surface area contributed by atoms with Crippen LogP contribution < -0.4 is 5.32 Å². The summed E-state index contributed by atoms with van der Waals surface area (Å²) in [6.45, 7) is 3.63. The number of amides is 1. The van der Waals surface area contributed by atoms with Crippen LogP contribution in [0.1, 0.15) is 100 Å². The molecule has 2 aromatic rings. The van der Waals surface area contributed by atoms with Crippen LogP contribution in [-0.4, -0.2) is 35.1 Å². The average Bonchev–Trinajstić information content (AvgIpc) is 2.99. The quantitative estimate of drug-likeness (QED) is 0.176. The van der Waals surface area contributed by atoms with Gasteiger partial charge < -0.3 is 5.32 Å². The molecule has 0 heterocycles. The van der Waals surface area contributed by atoms with E-state index in [4.69, 9.17) is 0 Å². The van der Waals surface area contributed by atoms with Crippen molar-refractivity contribution in [2.45, 2.75) is 96.9 Å². The maximum absolute atomic E-state index is 13.4. The molecule has 1 fully saturated rings. The topological polar surface area (TPSA) is 97.4 Å². The monoisotopic (exact) mass is 559 g/mol. The molecule has 6 nitrogen and oxygen atoms in total. The third-order valence-electron chi connectivity index (χ3n) is 8.26. The van der Waals surface area contributed by atoms with Gasteiger partial charge in [-0.1, -0.05) is 113 Å². The van der Waals surface area contributed by atoms with Crippen LogP contribution in [0.3, 0.4) is 0 Å². The third kappa shape index (κ3) is 10.5. The molecular weight excluding hydrogens is 514 g/mol. The Labute approximate surface area is 244 Å². The first-order valence-electron chi connectivity index (χ1n) is 15.3. The van der Waals surface area contributed by atoms with Crippen molar-refractivity contribution < 1.29 is 24.0 Å². The minimum Gasteiger partial charge on any atom is -0.346 e. The lowest BCUT2D eigenvalue weighted by molar-refractivity contribution is -0.141. The summed E-state index contributed by atoms with van der Waals surface area (Å²) in [4.78, 5) is 65.7. The van der Waals surface area contributed by atoms with Gasteiger partial charge in [0.2, 0.25) is 11.7 Å². The lowest BCUT2D eigenvalue weighted by Gasteiger charge is -2.23.